The predicted octanol–water partition coefficient (Wildman–Crippen LogP) is 4.77. The van der Waals surface area contributed by atoms with E-state index in [4.69, 9.17) is 0 Å². The lowest BCUT2D eigenvalue weighted by atomic mass is 9.96. The van der Waals surface area contributed by atoms with Crippen molar-refractivity contribution in [3.05, 3.63) is 70.5 Å². The van der Waals surface area contributed by atoms with Crippen molar-refractivity contribution in [3.63, 3.8) is 0 Å². The molecular formula is C26H30FN3O2. The molecule has 1 fully saturated rings. The fraction of sp³-hybridized carbons (Fsp3) is 0.423. The first kappa shape index (κ1) is 22.2. The molecule has 2 aromatic rings. The molecule has 1 aliphatic carbocycles. The van der Waals surface area contributed by atoms with Crippen molar-refractivity contribution in [1.29, 1.82) is 0 Å². The minimum Gasteiger partial charge on any atom is -0.336 e. The molecule has 0 N–H and O–H groups in total. The minimum atomic E-state index is -0.324. The molecule has 0 bridgehead atoms. The molecule has 0 saturated heterocycles. The Morgan fingerprint density at radius 1 is 1.06 bits per heavy atom. The zero-order chi connectivity index (χ0) is 22.8. The van der Waals surface area contributed by atoms with E-state index in [1.807, 2.05) is 6.07 Å². The molecule has 1 saturated carbocycles. The number of carbonyl (C=O) groups is 2. The van der Waals surface area contributed by atoms with Crippen LogP contribution in [-0.4, -0.2) is 41.0 Å². The van der Waals surface area contributed by atoms with Crippen LogP contribution in [0.15, 0.2) is 47.6 Å². The monoisotopic (exact) mass is 435 g/mol. The average molecular weight is 436 g/mol. The summed E-state index contributed by atoms with van der Waals surface area (Å²) in [6, 6.07) is 12.0. The lowest BCUT2D eigenvalue weighted by Gasteiger charge is -2.26. The SMILES string of the molecule is Cc1ccc(C2=NN(C(=O)CN(C)C(=O)C3CCCC3)[C@@H](c3ccc(F)cc3)C2)cc1C. The molecule has 2 aliphatic rings. The molecule has 2 amide bonds. The van der Waals surface area contributed by atoms with E-state index in [-0.39, 0.29) is 36.1 Å². The standard InChI is InChI=1S/C26H30FN3O2/c1-17-8-9-21(14-18(17)2)23-15-24(19-10-12-22(27)13-11-19)30(28-23)25(31)16-29(3)26(32)20-6-4-5-7-20/h8-14,20,24H,4-7,15-16H2,1-3H3/t24-/m1/s1. The van der Waals surface area contributed by atoms with Gasteiger partial charge in [0.05, 0.1) is 11.8 Å². The van der Waals surface area contributed by atoms with Crippen molar-refractivity contribution in [2.24, 2.45) is 11.0 Å². The van der Waals surface area contributed by atoms with E-state index >= 15 is 0 Å². The van der Waals surface area contributed by atoms with E-state index in [2.05, 4.69) is 31.1 Å². The van der Waals surface area contributed by atoms with Crippen LogP contribution in [0.2, 0.25) is 0 Å². The van der Waals surface area contributed by atoms with Gasteiger partial charge in [-0.05, 0) is 67.1 Å². The predicted molar refractivity (Wildman–Crippen MR) is 123 cm³/mol. The van der Waals surface area contributed by atoms with Gasteiger partial charge in [0.25, 0.3) is 5.91 Å². The molecule has 168 valence electrons. The third-order valence-electron chi connectivity index (χ3n) is 6.71. The van der Waals surface area contributed by atoms with Crippen molar-refractivity contribution >= 4 is 17.5 Å². The molecule has 32 heavy (non-hydrogen) atoms. The number of hydrogen-bond donors (Lipinski definition) is 0. The summed E-state index contributed by atoms with van der Waals surface area (Å²) in [5.74, 6) is -0.491. The Morgan fingerprint density at radius 2 is 1.75 bits per heavy atom. The van der Waals surface area contributed by atoms with E-state index in [0.29, 0.717) is 6.42 Å². The van der Waals surface area contributed by atoms with Gasteiger partial charge in [0, 0.05) is 19.4 Å². The Labute approximate surface area is 188 Å². The number of likely N-dealkylation sites (N-methyl/N-ethyl adjacent to an activating group) is 1. The Balaban J connectivity index is 1.58. The van der Waals surface area contributed by atoms with Gasteiger partial charge in [0.1, 0.15) is 12.4 Å². The van der Waals surface area contributed by atoms with Crippen LogP contribution in [-0.2, 0) is 9.59 Å². The van der Waals surface area contributed by atoms with Crippen LogP contribution in [0.25, 0.3) is 0 Å². The average Bonchev–Trinajstić information content (AvgIpc) is 3.46. The highest BCUT2D eigenvalue weighted by Gasteiger charge is 2.35. The maximum Gasteiger partial charge on any atom is 0.262 e. The van der Waals surface area contributed by atoms with Crippen LogP contribution in [0.1, 0.15) is 60.4 Å². The quantitative estimate of drug-likeness (QED) is 0.679. The topological polar surface area (TPSA) is 53.0 Å². The lowest BCUT2D eigenvalue weighted by molar-refractivity contribution is -0.142. The second kappa shape index (κ2) is 9.23. The normalized spacial score (nSPS) is 18.7. The number of aryl methyl sites for hydroxylation is 2. The lowest BCUT2D eigenvalue weighted by Crippen LogP contribution is -2.41. The highest BCUT2D eigenvalue weighted by Crippen LogP contribution is 2.33. The third kappa shape index (κ3) is 4.59. The molecule has 1 atom stereocenters. The second-order valence-electron chi connectivity index (χ2n) is 9.03. The number of nitrogens with zero attached hydrogens (tertiary/aromatic N) is 3. The second-order valence-corrected chi connectivity index (χ2v) is 9.03. The van der Waals surface area contributed by atoms with Crippen LogP contribution in [0.5, 0.6) is 0 Å². The first-order valence-corrected chi connectivity index (χ1v) is 11.3. The van der Waals surface area contributed by atoms with Crippen LogP contribution >= 0.6 is 0 Å². The number of rotatable bonds is 5. The van der Waals surface area contributed by atoms with E-state index in [0.717, 1.165) is 48.1 Å². The Morgan fingerprint density at radius 3 is 2.41 bits per heavy atom. The molecule has 0 spiro atoms. The van der Waals surface area contributed by atoms with Crippen LogP contribution < -0.4 is 0 Å². The summed E-state index contributed by atoms with van der Waals surface area (Å²) in [6.45, 7) is 4.10. The molecule has 1 aliphatic heterocycles. The molecule has 0 unspecified atom stereocenters. The van der Waals surface area contributed by atoms with Crippen LogP contribution in [0.4, 0.5) is 4.39 Å². The fourth-order valence-electron chi connectivity index (χ4n) is 4.62. The van der Waals surface area contributed by atoms with Crippen LogP contribution in [0.3, 0.4) is 0 Å². The first-order chi connectivity index (χ1) is 15.3. The highest BCUT2D eigenvalue weighted by molar-refractivity contribution is 6.03. The number of carbonyl (C=O) groups excluding carboxylic acids is 2. The molecule has 0 radical (unpaired) electrons. The van der Waals surface area contributed by atoms with Gasteiger partial charge >= 0.3 is 0 Å². The molecule has 2 aromatic carbocycles. The Hall–Kier alpha value is -3.02. The van der Waals surface area contributed by atoms with Gasteiger partial charge in [-0.25, -0.2) is 9.40 Å². The zero-order valence-electron chi connectivity index (χ0n) is 19.0. The maximum absolute atomic E-state index is 13.5. The summed E-state index contributed by atoms with van der Waals surface area (Å²) >= 11 is 0. The number of amides is 2. The van der Waals surface area contributed by atoms with Crippen molar-refractivity contribution in [3.8, 4) is 0 Å². The van der Waals surface area contributed by atoms with Crippen molar-refractivity contribution in [2.75, 3.05) is 13.6 Å². The highest BCUT2D eigenvalue weighted by atomic mass is 19.1. The summed E-state index contributed by atoms with van der Waals surface area (Å²) < 4.78 is 13.5. The van der Waals surface area contributed by atoms with Crippen molar-refractivity contribution in [1.82, 2.24) is 9.91 Å². The molecule has 0 aromatic heterocycles. The molecular weight excluding hydrogens is 405 g/mol. The Kier molecular flexibility index (Phi) is 6.40. The van der Waals surface area contributed by atoms with E-state index in [9.17, 15) is 14.0 Å². The third-order valence-corrected chi connectivity index (χ3v) is 6.71. The number of halogens is 1. The van der Waals surface area contributed by atoms with Crippen LogP contribution in [0, 0.1) is 25.6 Å². The van der Waals surface area contributed by atoms with E-state index in [1.54, 1.807) is 19.2 Å². The van der Waals surface area contributed by atoms with Crippen molar-refractivity contribution in [2.45, 2.75) is 52.0 Å². The summed E-state index contributed by atoms with van der Waals surface area (Å²) in [5.41, 5.74) is 4.98. The van der Waals surface area contributed by atoms with Gasteiger partial charge in [0.15, 0.2) is 0 Å². The van der Waals surface area contributed by atoms with E-state index < -0.39 is 0 Å². The van der Waals surface area contributed by atoms with Gasteiger partial charge in [-0.1, -0.05) is 37.1 Å². The number of benzene rings is 2. The van der Waals surface area contributed by atoms with Crippen molar-refractivity contribution < 1.29 is 14.0 Å². The fourth-order valence-corrected chi connectivity index (χ4v) is 4.62. The Bertz CT molecular complexity index is 1040. The number of hydrazone groups is 1. The molecule has 4 rings (SSSR count). The summed E-state index contributed by atoms with van der Waals surface area (Å²) in [5, 5.41) is 6.17. The summed E-state index contributed by atoms with van der Waals surface area (Å²) in [6.07, 6.45) is 4.48. The maximum atomic E-state index is 13.5. The largest absolute Gasteiger partial charge is 0.336 e. The molecule has 5 nitrogen and oxygen atoms in total. The van der Waals surface area contributed by atoms with Gasteiger partial charge in [0.2, 0.25) is 5.91 Å². The molecule has 1 heterocycles. The summed E-state index contributed by atoms with van der Waals surface area (Å²) in [7, 11) is 1.69. The molecule has 6 heteroatoms. The first-order valence-electron chi connectivity index (χ1n) is 11.3. The smallest absolute Gasteiger partial charge is 0.262 e. The summed E-state index contributed by atoms with van der Waals surface area (Å²) in [4.78, 5) is 27.5. The van der Waals surface area contributed by atoms with Gasteiger partial charge in [-0.15, -0.1) is 0 Å². The number of hydrogen-bond acceptors (Lipinski definition) is 3. The van der Waals surface area contributed by atoms with E-state index in [1.165, 1.54) is 27.6 Å². The minimum absolute atomic E-state index is 0.0171. The van der Waals surface area contributed by atoms with Gasteiger partial charge < -0.3 is 4.90 Å². The van der Waals surface area contributed by atoms with Gasteiger partial charge in [-0.3, -0.25) is 9.59 Å². The van der Waals surface area contributed by atoms with Gasteiger partial charge in [-0.2, -0.15) is 5.10 Å². The zero-order valence-corrected chi connectivity index (χ0v) is 19.0.